The molecular formula is C6H17N3. The first-order valence-corrected chi connectivity index (χ1v) is 3.34. The van der Waals surface area contributed by atoms with Crippen LogP contribution in [0.15, 0.2) is 0 Å². The highest BCUT2D eigenvalue weighted by Gasteiger charge is 1.90. The molecule has 3 heteroatoms. The highest BCUT2D eigenvalue weighted by atomic mass is 15.1. The fraction of sp³-hybridized carbons (Fsp3) is 1.00. The molecule has 0 heterocycles. The molecule has 0 aliphatic carbocycles. The minimum atomic E-state index is 0.656. The summed E-state index contributed by atoms with van der Waals surface area (Å²) < 4.78 is 0. The van der Waals surface area contributed by atoms with E-state index in [0.29, 0.717) is 6.67 Å². The van der Waals surface area contributed by atoms with Crippen molar-refractivity contribution < 1.29 is 0 Å². The Balaban J connectivity index is 2.88. The largest absolute Gasteiger partial charge is 0.320 e. The Morgan fingerprint density at radius 2 is 2.22 bits per heavy atom. The van der Waals surface area contributed by atoms with Crippen molar-refractivity contribution in [3.05, 3.63) is 0 Å². The lowest BCUT2D eigenvalue weighted by Gasteiger charge is -2.12. The Bertz CT molecular complexity index is 56.3. The van der Waals surface area contributed by atoms with Gasteiger partial charge in [-0.3, -0.25) is 4.90 Å². The van der Waals surface area contributed by atoms with Crippen LogP contribution in [-0.2, 0) is 0 Å². The maximum atomic E-state index is 5.36. The van der Waals surface area contributed by atoms with Gasteiger partial charge in [0.1, 0.15) is 0 Å². The van der Waals surface area contributed by atoms with Gasteiger partial charge < -0.3 is 11.1 Å². The van der Waals surface area contributed by atoms with Crippen molar-refractivity contribution in [3.8, 4) is 0 Å². The van der Waals surface area contributed by atoms with Gasteiger partial charge in [-0.1, -0.05) is 0 Å². The molecule has 0 spiro atoms. The summed E-state index contributed by atoms with van der Waals surface area (Å²) in [6, 6.07) is 0. The van der Waals surface area contributed by atoms with Crippen molar-refractivity contribution in [2.45, 2.75) is 6.42 Å². The van der Waals surface area contributed by atoms with Crippen molar-refractivity contribution in [1.29, 1.82) is 0 Å². The zero-order chi connectivity index (χ0) is 7.11. The lowest BCUT2D eigenvalue weighted by Crippen LogP contribution is -2.28. The SMILES string of the molecule is CNCCCN(C)CN. The van der Waals surface area contributed by atoms with Gasteiger partial charge in [0.05, 0.1) is 0 Å². The number of nitrogens with one attached hydrogen (secondary N) is 1. The van der Waals surface area contributed by atoms with Gasteiger partial charge in [0.15, 0.2) is 0 Å². The van der Waals surface area contributed by atoms with Crippen LogP contribution in [0, 0.1) is 0 Å². The summed E-state index contributed by atoms with van der Waals surface area (Å²) in [5, 5.41) is 3.08. The van der Waals surface area contributed by atoms with Gasteiger partial charge in [0.25, 0.3) is 0 Å². The van der Waals surface area contributed by atoms with Gasteiger partial charge in [0.2, 0.25) is 0 Å². The summed E-state index contributed by atoms with van der Waals surface area (Å²) in [5.41, 5.74) is 5.36. The van der Waals surface area contributed by atoms with Gasteiger partial charge in [-0.15, -0.1) is 0 Å². The van der Waals surface area contributed by atoms with Crippen molar-refractivity contribution in [2.75, 3.05) is 33.9 Å². The highest BCUT2D eigenvalue weighted by molar-refractivity contribution is 4.47. The molecular weight excluding hydrogens is 114 g/mol. The Kier molecular flexibility index (Phi) is 5.93. The molecule has 0 fully saturated rings. The van der Waals surface area contributed by atoms with Gasteiger partial charge >= 0.3 is 0 Å². The standard InChI is InChI=1S/C6H17N3/c1-8-4-3-5-9(2)6-7/h8H,3-7H2,1-2H3. The van der Waals surface area contributed by atoms with E-state index in [4.69, 9.17) is 5.73 Å². The zero-order valence-corrected chi connectivity index (χ0v) is 6.35. The molecule has 9 heavy (non-hydrogen) atoms. The number of hydrogen-bond donors (Lipinski definition) is 2. The second-order valence-electron chi connectivity index (χ2n) is 2.22. The Morgan fingerprint density at radius 1 is 1.56 bits per heavy atom. The Labute approximate surface area is 57.2 Å². The number of rotatable bonds is 5. The molecule has 0 radical (unpaired) electrons. The molecule has 0 amide bonds. The van der Waals surface area contributed by atoms with Crippen LogP contribution >= 0.6 is 0 Å². The fourth-order valence-electron chi connectivity index (χ4n) is 0.617. The summed E-state index contributed by atoms with van der Waals surface area (Å²) in [6.07, 6.45) is 1.17. The van der Waals surface area contributed by atoms with E-state index >= 15 is 0 Å². The monoisotopic (exact) mass is 131 g/mol. The molecule has 3 N–H and O–H groups in total. The van der Waals surface area contributed by atoms with Crippen LogP contribution in [0.25, 0.3) is 0 Å². The first-order chi connectivity index (χ1) is 4.31. The third-order valence-corrected chi connectivity index (χ3v) is 1.28. The first kappa shape index (κ1) is 8.88. The normalized spacial score (nSPS) is 10.7. The average Bonchev–Trinajstić information content (AvgIpc) is 1.89. The van der Waals surface area contributed by atoms with E-state index in [1.54, 1.807) is 0 Å². The molecule has 0 aliphatic heterocycles. The number of nitrogens with zero attached hydrogens (tertiary/aromatic N) is 1. The van der Waals surface area contributed by atoms with Crippen LogP contribution in [-0.4, -0.2) is 38.8 Å². The lowest BCUT2D eigenvalue weighted by molar-refractivity contribution is 0.338. The molecule has 0 aromatic carbocycles. The van der Waals surface area contributed by atoms with E-state index in [9.17, 15) is 0 Å². The van der Waals surface area contributed by atoms with E-state index in [1.165, 1.54) is 6.42 Å². The molecule has 56 valence electrons. The van der Waals surface area contributed by atoms with E-state index in [2.05, 4.69) is 10.2 Å². The third kappa shape index (κ3) is 5.76. The summed E-state index contributed by atoms with van der Waals surface area (Å²) in [4.78, 5) is 2.09. The van der Waals surface area contributed by atoms with Gasteiger partial charge in [-0.2, -0.15) is 0 Å². The number of nitrogens with two attached hydrogens (primary N) is 1. The molecule has 0 bridgehead atoms. The summed E-state index contributed by atoms with van der Waals surface area (Å²) in [6.45, 7) is 2.81. The Morgan fingerprint density at radius 3 is 2.67 bits per heavy atom. The quantitative estimate of drug-likeness (QED) is 0.388. The van der Waals surface area contributed by atoms with Crippen molar-refractivity contribution in [2.24, 2.45) is 5.73 Å². The van der Waals surface area contributed by atoms with E-state index in [-0.39, 0.29) is 0 Å². The minimum absolute atomic E-state index is 0.656. The molecule has 0 atom stereocenters. The molecule has 0 aromatic rings. The van der Waals surface area contributed by atoms with Crippen LogP contribution in [0.3, 0.4) is 0 Å². The predicted molar refractivity (Wildman–Crippen MR) is 40.2 cm³/mol. The Hall–Kier alpha value is -0.120. The van der Waals surface area contributed by atoms with Crippen LogP contribution in [0.5, 0.6) is 0 Å². The molecule has 0 aliphatic rings. The summed E-state index contributed by atoms with van der Waals surface area (Å²) >= 11 is 0. The third-order valence-electron chi connectivity index (χ3n) is 1.28. The van der Waals surface area contributed by atoms with Crippen LogP contribution in [0.1, 0.15) is 6.42 Å². The molecule has 0 unspecified atom stereocenters. The van der Waals surface area contributed by atoms with E-state index in [1.807, 2.05) is 14.1 Å². The first-order valence-electron chi connectivity index (χ1n) is 3.34. The molecule has 0 saturated carbocycles. The van der Waals surface area contributed by atoms with Crippen molar-refractivity contribution >= 4 is 0 Å². The van der Waals surface area contributed by atoms with Gasteiger partial charge in [0, 0.05) is 13.2 Å². The lowest BCUT2D eigenvalue weighted by atomic mass is 10.4. The maximum Gasteiger partial charge on any atom is 0.0452 e. The molecule has 0 saturated heterocycles. The summed E-state index contributed by atoms with van der Waals surface area (Å²) in [5.74, 6) is 0. The molecule has 0 rings (SSSR count). The van der Waals surface area contributed by atoms with Crippen LogP contribution in [0.2, 0.25) is 0 Å². The van der Waals surface area contributed by atoms with E-state index in [0.717, 1.165) is 13.1 Å². The van der Waals surface area contributed by atoms with Crippen molar-refractivity contribution in [1.82, 2.24) is 10.2 Å². The second kappa shape index (κ2) is 6.01. The summed E-state index contributed by atoms with van der Waals surface area (Å²) in [7, 11) is 3.98. The number of hydrogen-bond acceptors (Lipinski definition) is 3. The van der Waals surface area contributed by atoms with E-state index < -0.39 is 0 Å². The second-order valence-corrected chi connectivity index (χ2v) is 2.22. The fourth-order valence-corrected chi connectivity index (χ4v) is 0.617. The van der Waals surface area contributed by atoms with Crippen molar-refractivity contribution in [3.63, 3.8) is 0 Å². The molecule has 3 nitrogen and oxygen atoms in total. The smallest absolute Gasteiger partial charge is 0.0452 e. The maximum absolute atomic E-state index is 5.36. The topological polar surface area (TPSA) is 41.3 Å². The van der Waals surface area contributed by atoms with Crippen LogP contribution < -0.4 is 11.1 Å². The molecule has 0 aromatic heterocycles. The highest BCUT2D eigenvalue weighted by Crippen LogP contribution is 1.80. The zero-order valence-electron chi connectivity index (χ0n) is 6.35. The predicted octanol–water partition coefficient (Wildman–Crippen LogP) is -0.556. The van der Waals surface area contributed by atoms with Gasteiger partial charge in [-0.25, -0.2) is 0 Å². The average molecular weight is 131 g/mol. The minimum Gasteiger partial charge on any atom is -0.320 e. The van der Waals surface area contributed by atoms with Crippen LogP contribution in [0.4, 0.5) is 0 Å². The van der Waals surface area contributed by atoms with Gasteiger partial charge in [-0.05, 0) is 27.1 Å².